The van der Waals surface area contributed by atoms with Crippen LogP contribution in [0.5, 0.6) is 0 Å². The lowest BCUT2D eigenvalue weighted by molar-refractivity contribution is 1.18. The minimum absolute atomic E-state index is 1.07. The van der Waals surface area contributed by atoms with Crippen LogP contribution in [-0.2, 0) is 0 Å². The van der Waals surface area contributed by atoms with Gasteiger partial charge in [0.15, 0.2) is 0 Å². The lowest BCUT2D eigenvalue weighted by Gasteiger charge is -2.28. The maximum atomic E-state index is 2.44. The van der Waals surface area contributed by atoms with Crippen LogP contribution in [0.1, 0.15) is 0 Å². The second kappa shape index (κ2) is 16.8. The van der Waals surface area contributed by atoms with Gasteiger partial charge in [-0.2, -0.15) is 0 Å². The Morgan fingerprint density at radius 1 is 0.258 bits per heavy atom. The van der Waals surface area contributed by atoms with E-state index in [4.69, 9.17) is 0 Å². The molecule has 0 radical (unpaired) electrons. The second-order valence-electron chi connectivity index (χ2n) is 16.9. The molecular formula is C64H44N2. The molecule has 0 aliphatic carbocycles. The van der Waals surface area contributed by atoms with Crippen LogP contribution in [0.4, 0.5) is 17.1 Å². The van der Waals surface area contributed by atoms with Crippen molar-refractivity contribution in [2.75, 3.05) is 4.90 Å². The zero-order valence-electron chi connectivity index (χ0n) is 36.3. The van der Waals surface area contributed by atoms with Gasteiger partial charge in [-0.3, -0.25) is 0 Å². The van der Waals surface area contributed by atoms with Gasteiger partial charge >= 0.3 is 0 Å². The summed E-state index contributed by atoms with van der Waals surface area (Å²) in [6, 6.07) is 96.9. The third-order valence-corrected chi connectivity index (χ3v) is 13.0. The number of benzene rings is 11. The molecule has 0 saturated heterocycles. The Hall–Kier alpha value is -8.72. The Kier molecular flexibility index (Phi) is 9.89. The molecule has 0 N–H and O–H groups in total. The molecule has 12 aromatic rings. The molecule has 310 valence electrons. The summed E-state index contributed by atoms with van der Waals surface area (Å²) >= 11 is 0. The molecule has 66 heavy (non-hydrogen) atoms. The van der Waals surface area contributed by atoms with Crippen molar-refractivity contribution in [2.24, 2.45) is 0 Å². The molecule has 0 atom stereocenters. The number of hydrogen-bond acceptors (Lipinski definition) is 1. The Morgan fingerprint density at radius 2 is 0.742 bits per heavy atom. The average molecular weight is 841 g/mol. The van der Waals surface area contributed by atoms with Gasteiger partial charge in [0.1, 0.15) is 0 Å². The second-order valence-corrected chi connectivity index (χ2v) is 16.9. The number of rotatable bonds is 9. The van der Waals surface area contributed by atoms with Crippen molar-refractivity contribution < 1.29 is 0 Å². The first-order chi connectivity index (χ1) is 32.8. The summed E-state index contributed by atoms with van der Waals surface area (Å²) in [5.41, 5.74) is 18.6. The van der Waals surface area contributed by atoms with Gasteiger partial charge in [0.05, 0.1) is 16.7 Å². The normalized spacial score (nSPS) is 11.3. The fourth-order valence-electron chi connectivity index (χ4n) is 9.98. The first-order valence-corrected chi connectivity index (χ1v) is 22.7. The number of fused-ring (bicyclic) bond motifs is 4. The van der Waals surface area contributed by atoms with E-state index in [1.165, 1.54) is 82.6 Å². The molecule has 0 amide bonds. The summed E-state index contributed by atoms with van der Waals surface area (Å²) in [7, 11) is 0. The van der Waals surface area contributed by atoms with E-state index in [9.17, 15) is 0 Å². The molecule has 0 saturated carbocycles. The Morgan fingerprint density at radius 3 is 1.44 bits per heavy atom. The maximum absolute atomic E-state index is 2.44. The van der Waals surface area contributed by atoms with Crippen LogP contribution in [0.15, 0.2) is 267 Å². The molecular weight excluding hydrogens is 797 g/mol. The predicted molar refractivity (Wildman–Crippen MR) is 280 cm³/mol. The van der Waals surface area contributed by atoms with Crippen molar-refractivity contribution in [1.29, 1.82) is 0 Å². The number of nitrogens with zero attached hydrogens (tertiary/aromatic N) is 2. The van der Waals surface area contributed by atoms with Crippen LogP contribution >= 0.6 is 0 Å². The molecule has 0 aliphatic heterocycles. The van der Waals surface area contributed by atoms with Crippen molar-refractivity contribution in [3.63, 3.8) is 0 Å². The van der Waals surface area contributed by atoms with Gasteiger partial charge in [0.2, 0.25) is 0 Å². The van der Waals surface area contributed by atoms with Gasteiger partial charge in [-0.25, -0.2) is 0 Å². The van der Waals surface area contributed by atoms with Gasteiger partial charge in [0, 0.05) is 33.4 Å². The summed E-state index contributed by atoms with van der Waals surface area (Å²) in [5, 5.41) is 4.97. The first kappa shape index (κ1) is 38.9. The monoisotopic (exact) mass is 840 g/mol. The molecule has 0 spiro atoms. The molecule has 0 unspecified atom stereocenters. The zero-order valence-corrected chi connectivity index (χ0v) is 36.3. The Bertz CT molecular complexity index is 3620. The Labute approximate surface area is 385 Å². The molecule has 0 bridgehead atoms. The minimum atomic E-state index is 1.07. The molecule has 2 heteroatoms. The first-order valence-electron chi connectivity index (χ1n) is 22.7. The predicted octanol–water partition coefficient (Wildman–Crippen LogP) is 17.7. The minimum Gasteiger partial charge on any atom is -0.310 e. The number of hydrogen-bond donors (Lipinski definition) is 0. The van der Waals surface area contributed by atoms with Gasteiger partial charge in [0.25, 0.3) is 0 Å². The van der Waals surface area contributed by atoms with Gasteiger partial charge in [-0.05, 0) is 115 Å². The molecule has 0 fully saturated rings. The molecule has 11 aromatic carbocycles. The van der Waals surface area contributed by atoms with Crippen molar-refractivity contribution in [3.05, 3.63) is 267 Å². The van der Waals surface area contributed by atoms with Crippen LogP contribution in [0.3, 0.4) is 0 Å². The lowest BCUT2D eigenvalue weighted by Crippen LogP contribution is -2.10. The summed E-state index contributed by atoms with van der Waals surface area (Å²) < 4.78 is 2.44. The van der Waals surface area contributed by atoms with Gasteiger partial charge in [-0.15, -0.1) is 0 Å². The van der Waals surface area contributed by atoms with Crippen LogP contribution in [0.2, 0.25) is 0 Å². The van der Waals surface area contributed by atoms with Crippen molar-refractivity contribution >= 4 is 49.6 Å². The lowest BCUT2D eigenvalue weighted by atomic mass is 9.92. The average Bonchev–Trinajstić information content (AvgIpc) is 3.73. The van der Waals surface area contributed by atoms with Crippen LogP contribution in [0.25, 0.3) is 93.9 Å². The smallest absolute Gasteiger partial charge is 0.0546 e. The topological polar surface area (TPSA) is 8.17 Å². The summed E-state index contributed by atoms with van der Waals surface area (Å²) in [6.07, 6.45) is 0. The van der Waals surface area contributed by atoms with Crippen LogP contribution in [0, 0.1) is 0 Å². The number of anilines is 3. The highest BCUT2D eigenvalue weighted by molar-refractivity contribution is 6.10. The van der Waals surface area contributed by atoms with Crippen LogP contribution < -0.4 is 4.90 Å². The van der Waals surface area contributed by atoms with Gasteiger partial charge < -0.3 is 9.47 Å². The Balaban J connectivity index is 1.04. The van der Waals surface area contributed by atoms with E-state index in [1.807, 2.05) is 0 Å². The van der Waals surface area contributed by atoms with E-state index >= 15 is 0 Å². The molecule has 2 nitrogen and oxygen atoms in total. The molecule has 1 heterocycles. The zero-order chi connectivity index (χ0) is 43.8. The van der Waals surface area contributed by atoms with E-state index in [1.54, 1.807) is 0 Å². The summed E-state index contributed by atoms with van der Waals surface area (Å²) in [6.45, 7) is 0. The van der Waals surface area contributed by atoms with E-state index < -0.39 is 0 Å². The fraction of sp³-hybridized carbons (Fsp3) is 0. The molecule has 0 aliphatic rings. The van der Waals surface area contributed by atoms with Gasteiger partial charge in [-0.1, -0.05) is 212 Å². The quantitative estimate of drug-likeness (QED) is 0.141. The van der Waals surface area contributed by atoms with E-state index in [0.717, 1.165) is 28.3 Å². The van der Waals surface area contributed by atoms with E-state index in [2.05, 4.69) is 276 Å². The van der Waals surface area contributed by atoms with Crippen molar-refractivity contribution in [1.82, 2.24) is 4.57 Å². The third kappa shape index (κ3) is 6.93. The number of para-hydroxylation sites is 2. The fourth-order valence-corrected chi connectivity index (χ4v) is 9.98. The van der Waals surface area contributed by atoms with E-state index in [-0.39, 0.29) is 0 Å². The highest BCUT2D eigenvalue weighted by Gasteiger charge is 2.21. The van der Waals surface area contributed by atoms with Crippen molar-refractivity contribution in [3.8, 4) is 61.3 Å². The van der Waals surface area contributed by atoms with Crippen LogP contribution in [-0.4, -0.2) is 4.57 Å². The summed E-state index contributed by atoms with van der Waals surface area (Å²) in [4.78, 5) is 2.41. The third-order valence-electron chi connectivity index (χ3n) is 13.0. The molecule has 1 aromatic heterocycles. The maximum Gasteiger partial charge on any atom is 0.0546 e. The molecule has 12 rings (SSSR count). The highest BCUT2D eigenvalue weighted by Crippen LogP contribution is 2.45. The summed E-state index contributed by atoms with van der Waals surface area (Å²) in [5.74, 6) is 0. The highest BCUT2D eigenvalue weighted by atomic mass is 15.1. The number of aromatic nitrogens is 1. The van der Waals surface area contributed by atoms with E-state index in [0.29, 0.717) is 0 Å². The van der Waals surface area contributed by atoms with Crippen molar-refractivity contribution in [2.45, 2.75) is 0 Å². The SMILES string of the molecule is c1ccc(-c2ccc(N(c3ccc(-c4cccc(-n5c6ccccc6c6ccccc65)c4-c4ccccc4)cc3)c3cccc(-c4cccc5ccccc45)c3)cc2-c2ccccc2)cc1. The standard InChI is InChI=1S/C64H44N2/c1-4-19-45(20-5-1)56-42-41-53(44-60(56)47-21-6-2-7-22-47)65(52-28-16-27-50(43-52)55-32-17-26-46-23-10-11-29-54(46)55)51-39-37-48(38-40-51)57-33-18-36-63(64(57)49-24-8-3-9-25-49)66-61-34-14-12-30-58(61)59-31-13-15-35-62(59)66/h1-44H. The largest absolute Gasteiger partial charge is 0.310 e.